The number of para-hydroxylation sites is 2. The monoisotopic (exact) mass is 743 g/mol. The van der Waals surface area contributed by atoms with Crippen LogP contribution in [0, 0.1) is 10.1 Å². The summed E-state index contributed by atoms with van der Waals surface area (Å²) < 4.78 is 9.45. The number of fused-ring (bicyclic) bond motifs is 3. The first kappa shape index (κ1) is 33.1. The number of pyridine rings is 1. The SMILES string of the molecule is CC(C)(C)c1cc(-c2cccc(-n3c4ccccc4c4ccc(Oc5cccc(Br)c5)cc43)n2)cc(-c2ccccc2-c2ccccc2[N+](=O)[O-])c1. The smallest absolute Gasteiger partial charge is 0.277 e. The highest BCUT2D eigenvalue weighted by Gasteiger charge is 2.22. The van der Waals surface area contributed by atoms with Crippen molar-refractivity contribution >= 4 is 43.4 Å². The Morgan fingerprint density at radius 2 is 1.31 bits per heavy atom. The van der Waals surface area contributed by atoms with Crippen LogP contribution in [0.3, 0.4) is 0 Å². The van der Waals surface area contributed by atoms with Gasteiger partial charge in [0.15, 0.2) is 0 Å². The van der Waals surface area contributed by atoms with Crippen molar-refractivity contribution in [1.29, 1.82) is 0 Å². The summed E-state index contributed by atoms with van der Waals surface area (Å²) in [7, 11) is 0. The molecule has 0 saturated carbocycles. The molecule has 0 amide bonds. The molecule has 6 aromatic carbocycles. The van der Waals surface area contributed by atoms with Crippen molar-refractivity contribution in [2.24, 2.45) is 0 Å². The molecule has 7 heteroatoms. The Kier molecular flexibility index (Phi) is 8.44. The molecular formula is C45H34BrN3O3. The zero-order valence-electron chi connectivity index (χ0n) is 28.9. The van der Waals surface area contributed by atoms with E-state index in [9.17, 15) is 10.1 Å². The van der Waals surface area contributed by atoms with Crippen LogP contribution < -0.4 is 4.74 Å². The van der Waals surface area contributed by atoms with E-state index in [-0.39, 0.29) is 16.0 Å². The van der Waals surface area contributed by atoms with Gasteiger partial charge in [-0.2, -0.15) is 0 Å². The fourth-order valence-electron chi connectivity index (χ4n) is 6.83. The Morgan fingerprint density at radius 1 is 0.635 bits per heavy atom. The summed E-state index contributed by atoms with van der Waals surface area (Å²) in [4.78, 5) is 17.1. The van der Waals surface area contributed by atoms with Gasteiger partial charge in [0.1, 0.15) is 17.3 Å². The van der Waals surface area contributed by atoms with E-state index in [2.05, 4.69) is 89.8 Å². The maximum atomic E-state index is 12.1. The van der Waals surface area contributed by atoms with Crippen LogP contribution in [-0.4, -0.2) is 14.5 Å². The number of halogens is 1. The predicted octanol–water partition coefficient (Wildman–Crippen LogP) is 12.9. The lowest BCUT2D eigenvalue weighted by molar-refractivity contribution is -0.384. The minimum atomic E-state index is -0.316. The van der Waals surface area contributed by atoms with Crippen LogP contribution in [0.1, 0.15) is 26.3 Å². The normalized spacial score (nSPS) is 11.6. The summed E-state index contributed by atoms with van der Waals surface area (Å²) in [6.07, 6.45) is 0. The first-order chi connectivity index (χ1) is 25.1. The molecule has 0 radical (unpaired) electrons. The molecule has 2 aromatic heterocycles. The Balaban J connectivity index is 1.29. The van der Waals surface area contributed by atoms with Crippen molar-refractivity contribution in [2.75, 3.05) is 0 Å². The van der Waals surface area contributed by atoms with Crippen LogP contribution in [0.2, 0.25) is 0 Å². The molecule has 254 valence electrons. The van der Waals surface area contributed by atoms with Gasteiger partial charge in [-0.25, -0.2) is 4.98 Å². The predicted molar refractivity (Wildman–Crippen MR) is 214 cm³/mol. The van der Waals surface area contributed by atoms with Gasteiger partial charge in [0.25, 0.3) is 5.69 Å². The molecule has 8 rings (SSSR count). The summed E-state index contributed by atoms with van der Waals surface area (Å²) in [5, 5.41) is 14.3. The van der Waals surface area contributed by atoms with Gasteiger partial charge < -0.3 is 4.74 Å². The Labute approximate surface area is 310 Å². The molecule has 0 unspecified atom stereocenters. The lowest BCUT2D eigenvalue weighted by atomic mass is 9.82. The molecule has 0 aliphatic carbocycles. The molecule has 0 aliphatic rings. The van der Waals surface area contributed by atoms with Gasteiger partial charge >= 0.3 is 0 Å². The lowest BCUT2D eigenvalue weighted by Crippen LogP contribution is -2.11. The second-order valence-corrected chi connectivity index (χ2v) is 14.8. The number of rotatable bonds is 7. The average Bonchev–Trinajstić information content (AvgIpc) is 3.48. The summed E-state index contributed by atoms with van der Waals surface area (Å²) in [5.41, 5.74) is 8.12. The average molecular weight is 745 g/mol. The van der Waals surface area contributed by atoms with Gasteiger partial charge in [-0.15, -0.1) is 0 Å². The van der Waals surface area contributed by atoms with Crippen LogP contribution in [0.5, 0.6) is 11.5 Å². The quantitative estimate of drug-likeness (QED) is 0.120. The lowest BCUT2D eigenvalue weighted by Gasteiger charge is -2.22. The van der Waals surface area contributed by atoms with E-state index in [0.717, 1.165) is 77.1 Å². The summed E-state index contributed by atoms with van der Waals surface area (Å²) >= 11 is 3.54. The Hall–Kier alpha value is -6.05. The number of nitro groups is 1. The Bertz CT molecular complexity index is 2660. The van der Waals surface area contributed by atoms with Gasteiger partial charge in [0.2, 0.25) is 0 Å². The number of nitro benzene ring substituents is 1. The maximum absolute atomic E-state index is 12.1. The van der Waals surface area contributed by atoms with Gasteiger partial charge in [-0.05, 0) is 94.4 Å². The van der Waals surface area contributed by atoms with Crippen LogP contribution in [0.15, 0.2) is 156 Å². The van der Waals surface area contributed by atoms with Gasteiger partial charge in [0.05, 0.1) is 27.2 Å². The molecule has 0 bridgehead atoms. The number of benzene rings is 6. The fraction of sp³-hybridized carbons (Fsp3) is 0.0889. The molecule has 0 spiro atoms. The molecule has 8 aromatic rings. The summed E-state index contributed by atoms with van der Waals surface area (Å²) in [6, 6.07) is 49.9. The van der Waals surface area contributed by atoms with E-state index in [1.165, 1.54) is 0 Å². The standard InChI is InChI=1S/C45H34BrN3O3/c1-45(2,3)31-25-29(35-14-4-5-15-36(35)37-16-7-9-20-42(37)49(50)51)24-30(26-31)40-18-11-21-44(47-40)48-41-19-8-6-17-38(41)39-23-22-34(28-43(39)48)52-33-13-10-12-32(46)27-33/h4-28H,1-3H3. The highest BCUT2D eigenvalue weighted by atomic mass is 79.9. The van der Waals surface area contributed by atoms with Crippen LogP contribution in [0.25, 0.3) is 61.1 Å². The Morgan fingerprint density at radius 3 is 2.10 bits per heavy atom. The molecule has 0 N–H and O–H groups in total. The molecule has 0 saturated heterocycles. The highest BCUT2D eigenvalue weighted by molar-refractivity contribution is 9.10. The summed E-state index contributed by atoms with van der Waals surface area (Å²) in [5.74, 6) is 2.26. The van der Waals surface area contributed by atoms with E-state index in [0.29, 0.717) is 5.56 Å². The number of ether oxygens (including phenoxy) is 1. The second-order valence-electron chi connectivity index (χ2n) is 13.8. The van der Waals surface area contributed by atoms with Gasteiger partial charge in [0, 0.05) is 32.9 Å². The molecule has 0 fully saturated rings. The zero-order valence-corrected chi connectivity index (χ0v) is 30.5. The van der Waals surface area contributed by atoms with E-state index in [4.69, 9.17) is 9.72 Å². The highest BCUT2D eigenvalue weighted by Crippen LogP contribution is 2.41. The third-order valence-electron chi connectivity index (χ3n) is 9.36. The third kappa shape index (κ3) is 6.24. The third-order valence-corrected chi connectivity index (χ3v) is 9.86. The first-order valence-corrected chi connectivity index (χ1v) is 17.9. The number of hydrogen-bond acceptors (Lipinski definition) is 4. The number of hydrogen-bond donors (Lipinski definition) is 0. The fourth-order valence-corrected chi connectivity index (χ4v) is 7.21. The van der Waals surface area contributed by atoms with Crippen molar-refractivity contribution in [1.82, 2.24) is 9.55 Å². The van der Waals surface area contributed by atoms with Crippen molar-refractivity contribution in [3.05, 3.63) is 172 Å². The van der Waals surface area contributed by atoms with E-state index >= 15 is 0 Å². The largest absolute Gasteiger partial charge is 0.457 e. The zero-order chi connectivity index (χ0) is 36.0. The molecule has 2 heterocycles. The first-order valence-electron chi connectivity index (χ1n) is 17.1. The number of aromatic nitrogens is 2. The van der Waals surface area contributed by atoms with E-state index in [1.54, 1.807) is 12.1 Å². The number of nitrogens with zero attached hydrogens (tertiary/aromatic N) is 3. The molecule has 52 heavy (non-hydrogen) atoms. The summed E-state index contributed by atoms with van der Waals surface area (Å²) in [6.45, 7) is 6.58. The topological polar surface area (TPSA) is 70.2 Å². The van der Waals surface area contributed by atoms with Crippen molar-refractivity contribution in [3.63, 3.8) is 0 Å². The molecule has 0 aliphatic heterocycles. The van der Waals surface area contributed by atoms with Crippen LogP contribution >= 0.6 is 15.9 Å². The van der Waals surface area contributed by atoms with Crippen LogP contribution in [0.4, 0.5) is 5.69 Å². The van der Waals surface area contributed by atoms with Crippen molar-refractivity contribution in [2.45, 2.75) is 26.2 Å². The second kappa shape index (κ2) is 13.2. The minimum absolute atomic E-state index is 0.0767. The van der Waals surface area contributed by atoms with Gasteiger partial charge in [-0.3, -0.25) is 14.7 Å². The van der Waals surface area contributed by atoms with Gasteiger partial charge in [-0.1, -0.05) is 109 Å². The maximum Gasteiger partial charge on any atom is 0.277 e. The minimum Gasteiger partial charge on any atom is -0.457 e. The molecular weight excluding hydrogens is 710 g/mol. The van der Waals surface area contributed by atoms with E-state index < -0.39 is 0 Å². The molecule has 6 nitrogen and oxygen atoms in total. The van der Waals surface area contributed by atoms with Crippen molar-refractivity contribution in [3.8, 4) is 50.8 Å². The van der Waals surface area contributed by atoms with Crippen molar-refractivity contribution < 1.29 is 9.66 Å². The van der Waals surface area contributed by atoms with Crippen LogP contribution in [-0.2, 0) is 5.41 Å². The molecule has 0 atom stereocenters. The van der Waals surface area contributed by atoms with E-state index in [1.807, 2.05) is 91.0 Å².